The van der Waals surface area contributed by atoms with Crippen molar-refractivity contribution in [3.8, 4) is 0 Å². The Morgan fingerprint density at radius 1 is 1.40 bits per heavy atom. The van der Waals surface area contributed by atoms with Crippen molar-refractivity contribution in [1.29, 1.82) is 0 Å². The summed E-state index contributed by atoms with van der Waals surface area (Å²) >= 11 is 0. The summed E-state index contributed by atoms with van der Waals surface area (Å²) < 4.78 is 56.2. The zero-order chi connectivity index (χ0) is 8.36. The van der Waals surface area contributed by atoms with Crippen LogP contribution in [0.3, 0.4) is 0 Å². The van der Waals surface area contributed by atoms with E-state index in [4.69, 9.17) is 5.21 Å². The predicted octanol–water partition coefficient (Wildman–Crippen LogP) is 1.64. The third kappa shape index (κ3) is 2.16. The van der Waals surface area contributed by atoms with Crippen molar-refractivity contribution in [2.75, 3.05) is 0 Å². The van der Waals surface area contributed by atoms with Gasteiger partial charge in [0.15, 0.2) is 0 Å². The average molecular weight is 163 g/mol. The first-order valence-corrected chi connectivity index (χ1v) is 1.98. The van der Waals surface area contributed by atoms with Gasteiger partial charge in [0.1, 0.15) is 0 Å². The van der Waals surface area contributed by atoms with Gasteiger partial charge in [-0.2, -0.15) is 17.6 Å². The first-order chi connectivity index (χ1) is 4.39. The topological polar surface area (TPSA) is 32.6 Å². The van der Waals surface area contributed by atoms with E-state index in [1.165, 1.54) is 5.16 Å². The fourth-order valence-electron chi connectivity index (χ4n) is 0.186. The SMILES string of the molecule is ON=C(F)C(F)C(F)(F)F. The molecule has 0 aliphatic carbocycles. The Balaban J connectivity index is 4.23. The Labute approximate surface area is 51.9 Å². The van der Waals surface area contributed by atoms with E-state index in [-0.39, 0.29) is 0 Å². The van der Waals surface area contributed by atoms with Crippen LogP contribution in [-0.2, 0) is 0 Å². The molecule has 0 spiro atoms. The molecule has 10 heavy (non-hydrogen) atoms. The largest absolute Gasteiger partial charge is 0.428 e. The minimum Gasteiger partial charge on any atom is -0.409 e. The Morgan fingerprint density at radius 2 is 1.80 bits per heavy atom. The molecule has 7 heteroatoms. The molecule has 1 N–H and O–H groups in total. The Morgan fingerprint density at radius 3 is 1.90 bits per heavy atom. The van der Waals surface area contributed by atoms with Crippen LogP contribution in [0.25, 0.3) is 0 Å². The van der Waals surface area contributed by atoms with Gasteiger partial charge in [-0.3, -0.25) is 0 Å². The zero-order valence-corrected chi connectivity index (χ0v) is 4.36. The number of alkyl halides is 4. The Bertz CT molecular complexity index is 140. The van der Waals surface area contributed by atoms with E-state index in [0.29, 0.717) is 0 Å². The molecule has 0 saturated heterocycles. The standard InChI is InChI=1S/C3H2F5NO/c4-1(2(5)9-10)3(6,7)8/h1,10H. The highest BCUT2D eigenvalue weighted by Crippen LogP contribution is 2.24. The number of nitrogens with zero attached hydrogens (tertiary/aromatic N) is 1. The third-order valence-corrected chi connectivity index (χ3v) is 0.592. The van der Waals surface area contributed by atoms with Crippen molar-refractivity contribution in [3.63, 3.8) is 0 Å². The summed E-state index contributed by atoms with van der Waals surface area (Å²) in [4.78, 5) is 0. The van der Waals surface area contributed by atoms with Crippen molar-refractivity contribution in [1.82, 2.24) is 0 Å². The molecule has 0 aromatic carbocycles. The first-order valence-electron chi connectivity index (χ1n) is 1.98. The van der Waals surface area contributed by atoms with Gasteiger partial charge in [0, 0.05) is 0 Å². The maximum absolute atomic E-state index is 11.5. The summed E-state index contributed by atoms with van der Waals surface area (Å²) in [6.45, 7) is 0. The van der Waals surface area contributed by atoms with Crippen molar-refractivity contribution in [2.24, 2.45) is 5.16 Å². The molecule has 0 saturated carbocycles. The van der Waals surface area contributed by atoms with E-state index in [2.05, 4.69) is 0 Å². The summed E-state index contributed by atoms with van der Waals surface area (Å²) in [5.41, 5.74) is 0. The van der Waals surface area contributed by atoms with Crippen molar-refractivity contribution < 1.29 is 27.2 Å². The molecule has 0 aromatic rings. The Kier molecular flexibility index (Phi) is 2.56. The van der Waals surface area contributed by atoms with Crippen LogP contribution in [0.1, 0.15) is 0 Å². The zero-order valence-electron chi connectivity index (χ0n) is 4.36. The monoisotopic (exact) mass is 163 g/mol. The van der Waals surface area contributed by atoms with Crippen molar-refractivity contribution in [2.45, 2.75) is 12.3 Å². The number of hydrogen-bond donors (Lipinski definition) is 1. The number of rotatable bonds is 1. The summed E-state index contributed by atoms with van der Waals surface area (Å²) in [6.07, 6.45) is -9.19. The molecule has 0 fully saturated rings. The molecule has 2 nitrogen and oxygen atoms in total. The van der Waals surface area contributed by atoms with Crippen molar-refractivity contribution in [3.05, 3.63) is 0 Å². The van der Waals surface area contributed by atoms with E-state index in [9.17, 15) is 22.0 Å². The second-order valence-electron chi connectivity index (χ2n) is 1.33. The van der Waals surface area contributed by atoms with Gasteiger partial charge in [-0.1, -0.05) is 5.16 Å². The smallest absolute Gasteiger partial charge is 0.409 e. The normalized spacial score (nSPS) is 17.1. The van der Waals surface area contributed by atoms with Gasteiger partial charge in [-0.15, -0.1) is 0 Å². The summed E-state index contributed by atoms with van der Waals surface area (Å²) in [7, 11) is 0. The van der Waals surface area contributed by atoms with E-state index in [0.717, 1.165) is 0 Å². The van der Waals surface area contributed by atoms with Crippen LogP contribution < -0.4 is 0 Å². The molecule has 0 aliphatic heterocycles. The van der Waals surface area contributed by atoms with Crippen LogP contribution in [0.15, 0.2) is 5.16 Å². The van der Waals surface area contributed by atoms with Gasteiger partial charge in [-0.05, 0) is 0 Å². The van der Waals surface area contributed by atoms with E-state index in [1.54, 1.807) is 0 Å². The van der Waals surface area contributed by atoms with E-state index >= 15 is 0 Å². The highest BCUT2D eigenvalue weighted by Gasteiger charge is 2.45. The van der Waals surface area contributed by atoms with E-state index in [1.807, 2.05) is 0 Å². The summed E-state index contributed by atoms with van der Waals surface area (Å²) in [5.74, 6) is -2.49. The average Bonchev–Trinajstić information content (AvgIpc) is 1.83. The number of halogens is 5. The van der Waals surface area contributed by atoms with Gasteiger partial charge in [0.25, 0.3) is 12.1 Å². The molecular formula is C3H2F5NO. The van der Waals surface area contributed by atoms with Gasteiger partial charge >= 0.3 is 6.18 Å². The van der Waals surface area contributed by atoms with Crippen molar-refractivity contribution >= 4 is 5.97 Å². The summed E-state index contributed by atoms with van der Waals surface area (Å²) in [5, 5.41) is 8.75. The minimum atomic E-state index is -5.35. The maximum atomic E-state index is 11.5. The molecule has 1 atom stereocenters. The van der Waals surface area contributed by atoms with Crippen LogP contribution >= 0.6 is 0 Å². The lowest BCUT2D eigenvalue weighted by Crippen LogP contribution is -2.30. The Hall–Kier alpha value is -0.880. The summed E-state index contributed by atoms with van der Waals surface area (Å²) in [6, 6.07) is 0. The lowest BCUT2D eigenvalue weighted by Gasteiger charge is -2.06. The quantitative estimate of drug-likeness (QED) is 0.271. The highest BCUT2D eigenvalue weighted by molar-refractivity contribution is 5.79. The number of oxime groups is 1. The highest BCUT2D eigenvalue weighted by atomic mass is 19.4. The molecule has 0 aliphatic rings. The number of hydrogen-bond acceptors (Lipinski definition) is 2. The lowest BCUT2D eigenvalue weighted by molar-refractivity contribution is -0.163. The fraction of sp³-hybridized carbons (Fsp3) is 0.667. The van der Waals surface area contributed by atoms with Crippen LogP contribution in [-0.4, -0.2) is 23.5 Å². The molecule has 0 rings (SSSR count). The second-order valence-corrected chi connectivity index (χ2v) is 1.33. The van der Waals surface area contributed by atoms with Crippen LogP contribution in [0.5, 0.6) is 0 Å². The maximum Gasteiger partial charge on any atom is 0.428 e. The van der Waals surface area contributed by atoms with Gasteiger partial charge in [0.05, 0.1) is 0 Å². The molecule has 60 valence electrons. The fourth-order valence-corrected chi connectivity index (χ4v) is 0.186. The molecule has 0 bridgehead atoms. The van der Waals surface area contributed by atoms with Gasteiger partial charge in [-0.25, -0.2) is 4.39 Å². The predicted molar refractivity (Wildman–Crippen MR) is 21.3 cm³/mol. The first kappa shape index (κ1) is 9.12. The van der Waals surface area contributed by atoms with Gasteiger partial charge < -0.3 is 5.21 Å². The molecule has 0 heterocycles. The molecule has 0 aromatic heterocycles. The third-order valence-electron chi connectivity index (χ3n) is 0.592. The lowest BCUT2D eigenvalue weighted by atomic mass is 10.4. The van der Waals surface area contributed by atoms with Crippen LogP contribution in [0, 0.1) is 0 Å². The molecule has 0 radical (unpaired) electrons. The molecule has 1 unspecified atom stereocenters. The van der Waals surface area contributed by atoms with Crippen LogP contribution in [0.4, 0.5) is 22.0 Å². The molecule has 0 amide bonds. The van der Waals surface area contributed by atoms with Crippen LogP contribution in [0.2, 0.25) is 0 Å². The van der Waals surface area contributed by atoms with Gasteiger partial charge in [0.2, 0.25) is 0 Å². The molecular weight excluding hydrogens is 161 g/mol. The second kappa shape index (κ2) is 2.80. The van der Waals surface area contributed by atoms with E-state index < -0.39 is 18.3 Å². The minimum absolute atomic E-state index is 1.41.